The largest absolute Gasteiger partial charge is 0.352 e. The molecule has 0 saturated heterocycles. The van der Waals surface area contributed by atoms with Gasteiger partial charge in [-0.05, 0) is 36.8 Å². The lowest BCUT2D eigenvalue weighted by atomic mass is 9.82. The molecular formula is C15H20BrNO. The molecule has 0 bridgehead atoms. The first-order valence-corrected chi connectivity index (χ1v) is 7.82. The van der Waals surface area contributed by atoms with Crippen molar-refractivity contribution in [3.63, 3.8) is 0 Å². The second-order valence-electron chi connectivity index (χ2n) is 4.91. The van der Waals surface area contributed by atoms with E-state index in [2.05, 4.69) is 46.4 Å². The highest BCUT2D eigenvalue weighted by molar-refractivity contribution is 9.09. The average molecular weight is 310 g/mol. The third kappa shape index (κ3) is 2.94. The summed E-state index contributed by atoms with van der Waals surface area (Å²) in [6.07, 6.45) is 4.16. The molecule has 1 aliphatic carbocycles. The van der Waals surface area contributed by atoms with Gasteiger partial charge in [0, 0.05) is 11.4 Å². The topological polar surface area (TPSA) is 29.1 Å². The molecule has 0 heterocycles. The van der Waals surface area contributed by atoms with Crippen molar-refractivity contribution < 1.29 is 4.79 Å². The Labute approximate surface area is 117 Å². The molecule has 0 radical (unpaired) electrons. The molecule has 0 saturated carbocycles. The fourth-order valence-electron chi connectivity index (χ4n) is 2.58. The number of halogens is 1. The average Bonchev–Trinajstić information content (AvgIpc) is 2.43. The van der Waals surface area contributed by atoms with E-state index < -0.39 is 0 Å². The van der Waals surface area contributed by atoms with E-state index >= 15 is 0 Å². The van der Waals surface area contributed by atoms with Crippen LogP contribution in [0.1, 0.15) is 43.2 Å². The minimum Gasteiger partial charge on any atom is -0.352 e. The molecule has 18 heavy (non-hydrogen) atoms. The Morgan fingerprint density at radius 1 is 1.50 bits per heavy atom. The van der Waals surface area contributed by atoms with Crippen molar-refractivity contribution in [3.05, 3.63) is 35.4 Å². The smallest absolute Gasteiger partial charge is 0.227 e. The van der Waals surface area contributed by atoms with Crippen molar-refractivity contribution in [2.75, 3.05) is 5.33 Å². The standard InChI is InChI=1S/C15H20BrNO/c1-2-12(10-16)17-15(18)14-9-5-7-11-6-3-4-8-13(11)14/h3-4,6,8,12,14H,2,5,7,9-10H2,1H3,(H,17,18). The summed E-state index contributed by atoms with van der Waals surface area (Å²) in [5, 5.41) is 3.96. The maximum Gasteiger partial charge on any atom is 0.227 e. The molecule has 0 fully saturated rings. The van der Waals surface area contributed by atoms with E-state index in [1.165, 1.54) is 11.1 Å². The van der Waals surface area contributed by atoms with Gasteiger partial charge in [-0.15, -0.1) is 0 Å². The third-order valence-corrected chi connectivity index (χ3v) is 4.49. The first-order valence-electron chi connectivity index (χ1n) is 6.70. The third-order valence-electron chi connectivity index (χ3n) is 3.71. The fraction of sp³-hybridized carbons (Fsp3) is 0.533. The van der Waals surface area contributed by atoms with Gasteiger partial charge in [0.05, 0.1) is 5.92 Å². The molecule has 1 aromatic carbocycles. The molecule has 1 N–H and O–H groups in total. The molecule has 1 amide bonds. The highest BCUT2D eigenvalue weighted by Gasteiger charge is 2.26. The van der Waals surface area contributed by atoms with E-state index in [0.29, 0.717) is 0 Å². The van der Waals surface area contributed by atoms with Crippen LogP contribution in [0.4, 0.5) is 0 Å². The highest BCUT2D eigenvalue weighted by Crippen LogP contribution is 2.31. The highest BCUT2D eigenvalue weighted by atomic mass is 79.9. The van der Waals surface area contributed by atoms with Crippen LogP contribution in [-0.2, 0) is 11.2 Å². The molecular weight excluding hydrogens is 290 g/mol. The minimum atomic E-state index is 0.0445. The van der Waals surface area contributed by atoms with Crippen molar-refractivity contribution in [1.29, 1.82) is 0 Å². The van der Waals surface area contributed by atoms with Crippen LogP contribution in [0, 0.1) is 0 Å². The van der Waals surface area contributed by atoms with Gasteiger partial charge in [-0.3, -0.25) is 4.79 Å². The lowest BCUT2D eigenvalue weighted by molar-refractivity contribution is -0.123. The van der Waals surface area contributed by atoms with Crippen LogP contribution in [-0.4, -0.2) is 17.3 Å². The molecule has 0 aliphatic heterocycles. The SMILES string of the molecule is CCC(CBr)NC(=O)C1CCCc2ccccc21. The number of carbonyl (C=O) groups is 1. The van der Waals surface area contributed by atoms with Gasteiger partial charge in [0.25, 0.3) is 0 Å². The van der Waals surface area contributed by atoms with Gasteiger partial charge in [-0.25, -0.2) is 0 Å². The number of hydrogen-bond acceptors (Lipinski definition) is 1. The van der Waals surface area contributed by atoms with E-state index in [1.807, 2.05) is 6.07 Å². The molecule has 98 valence electrons. The molecule has 0 aromatic heterocycles. The Morgan fingerprint density at radius 2 is 2.28 bits per heavy atom. The molecule has 1 aromatic rings. The van der Waals surface area contributed by atoms with Crippen molar-refractivity contribution in [2.45, 2.75) is 44.6 Å². The fourth-order valence-corrected chi connectivity index (χ4v) is 3.20. The number of alkyl halides is 1. The number of nitrogens with one attached hydrogen (secondary N) is 1. The van der Waals surface area contributed by atoms with Crippen LogP contribution in [0.15, 0.2) is 24.3 Å². The summed E-state index contributed by atoms with van der Waals surface area (Å²) in [4.78, 5) is 12.4. The van der Waals surface area contributed by atoms with Crippen molar-refractivity contribution in [1.82, 2.24) is 5.32 Å². The molecule has 0 spiro atoms. The van der Waals surface area contributed by atoms with Crippen LogP contribution in [0.3, 0.4) is 0 Å². The zero-order valence-electron chi connectivity index (χ0n) is 10.8. The first-order chi connectivity index (χ1) is 8.76. The van der Waals surface area contributed by atoms with E-state index in [9.17, 15) is 4.79 Å². The summed E-state index contributed by atoms with van der Waals surface area (Å²) in [5.74, 6) is 0.233. The van der Waals surface area contributed by atoms with Crippen LogP contribution < -0.4 is 5.32 Å². The molecule has 2 atom stereocenters. The number of carbonyl (C=O) groups excluding carboxylic acids is 1. The maximum atomic E-state index is 12.4. The van der Waals surface area contributed by atoms with E-state index in [4.69, 9.17) is 0 Å². The Balaban J connectivity index is 2.12. The summed E-state index contributed by atoms with van der Waals surface area (Å²) < 4.78 is 0. The van der Waals surface area contributed by atoms with Gasteiger partial charge < -0.3 is 5.32 Å². The van der Waals surface area contributed by atoms with Gasteiger partial charge in [0.2, 0.25) is 5.91 Å². The molecule has 2 unspecified atom stereocenters. The van der Waals surface area contributed by atoms with Crippen LogP contribution in [0.2, 0.25) is 0 Å². The molecule has 3 heteroatoms. The van der Waals surface area contributed by atoms with Gasteiger partial charge in [-0.1, -0.05) is 47.1 Å². The molecule has 2 rings (SSSR count). The first kappa shape index (κ1) is 13.6. The Bertz CT molecular complexity index is 415. The molecule has 2 nitrogen and oxygen atoms in total. The van der Waals surface area contributed by atoms with Crippen LogP contribution in [0.25, 0.3) is 0 Å². The van der Waals surface area contributed by atoms with Crippen molar-refractivity contribution in [2.24, 2.45) is 0 Å². The number of hydrogen-bond donors (Lipinski definition) is 1. The maximum absolute atomic E-state index is 12.4. The van der Waals surface area contributed by atoms with Gasteiger partial charge in [0.1, 0.15) is 0 Å². The van der Waals surface area contributed by atoms with Crippen LogP contribution >= 0.6 is 15.9 Å². The minimum absolute atomic E-state index is 0.0445. The van der Waals surface area contributed by atoms with Gasteiger partial charge in [-0.2, -0.15) is 0 Å². The van der Waals surface area contributed by atoms with Crippen molar-refractivity contribution in [3.8, 4) is 0 Å². The van der Waals surface area contributed by atoms with Gasteiger partial charge in [0.15, 0.2) is 0 Å². The van der Waals surface area contributed by atoms with E-state index in [1.54, 1.807) is 0 Å². The number of amides is 1. The predicted octanol–water partition coefficient (Wildman–Crippen LogP) is 3.40. The lowest BCUT2D eigenvalue weighted by Crippen LogP contribution is -2.39. The Kier molecular flexibility index (Phi) is 4.81. The summed E-state index contributed by atoms with van der Waals surface area (Å²) in [6.45, 7) is 2.10. The summed E-state index contributed by atoms with van der Waals surface area (Å²) >= 11 is 3.45. The van der Waals surface area contributed by atoms with E-state index in [-0.39, 0.29) is 17.9 Å². The lowest BCUT2D eigenvalue weighted by Gasteiger charge is -2.26. The van der Waals surface area contributed by atoms with Crippen molar-refractivity contribution >= 4 is 21.8 Å². The summed E-state index contributed by atoms with van der Waals surface area (Å²) in [7, 11) is 0. The second kappa shape index (κ2) is 6.37. The Morgan fingerprint density at radius 3 is 3.00 bits per heavy atom. The quantitative estimate of drug-likeness (QED) is 0.849. The summed E-state index contributed by atoms with van der Waals surface area (Å²) in [6, 6.07) is 8.59. The second-order valence-corrected chi connectivity index (χ2v) is 5.56. The van der Waals surface area contributed by atoms with Crippen LogP contribution in [0.5, 0.6) is 0 Å². The normalized spacial score (nSPS) is 20.0. The number of fused-ring (bicyclic) bond motifs is 1. The zero-order chi connectivity index (χ0) is 13.0. The predicted molar refractivity (Wildman–Crippen MR) is 78.1 cm³/mol. The number of aryl methyl sites for hydroxylation is 1. The Hall–Kier alpha value is -0.830. The van der Waals surface area contributed by atoms with E-state index in [0.717, 1.165) is 31.0 Å². The summed E-state index contributed by atoms with van der Waals surface area (Å²) in [5.41, 5.74) is 2.57. The number of benzene rings is 1. The monoisotopic (exact) mass is 309 g/mol. The number of rotatable bonds is 4. The molecule has 1 aliphatic rings. The van der Waals surface area contributed by atoms with Gasteiger partial charge >= 0.3 is 0 Å². The zero-order valence-corrected chi connectivity index (χ0v) is 12.4.